The van der Waals surface area contributed by atoms with Crippen molar-refractivity contribution in [3.63, 3.8) is 0 Å². The number of hydrogen-bond donors (Lipinski definition) is 1. The summed E-state index contributed by atoms with van der Waals surface area (Å²) in [5.41, 5.74) is 1.58. The van der Waals surface area contributed by atoms with Gasteiger partial charge < -0.3 is 9.88 Å². The number of nitrogens with one attached hydrogen (secondary N) is 1. The van der Waals surface area contributed by atoms with E-state index in [1.807, 2.05) is 0 Å². The summed E-state index contributed by atoms with van der Waals surface area (Å²) in [7, 11) is 0. The molecule has 0 aliphatic carbocycles. The number of aromatic nitrogens is 1. The third kappa shape index (κ3) is 3.48. The number of benzene rings is 2. The molecule has 0 saturated carbocycles. The Balaban J connectivity index is 1.68. The quantitative estimate of drug-likeness (QED) is 0.303. The zero-order valence-corrected chi connectivity index (χ0v) is 15.5. The molecule has 3 aromatic rings. The largest absolute Gasteiger partial charge is 0.333 e. The summed E-state index contributed by atoms with van der Waals surface area (Å²) in [5, 5.41) is 14.1. The Morgan fingerprint density at radius 2 is 1.76 bits per heavy atom. The lowest BCUT2D eigenvalue weighted by Crippen LogP contribution is -2.30. The van der Waals surface area contributed by atoms with Gasteiger partial charge in [0, 0.05) is 29.0 Å². The zero-order chi connectivity index (χ0) is 20.5. The number of hydrogen-bond acceptors (Lipinski definition) is 4. The number of nitrogens with zero attached hydrogens (tertiary/aromatic N) is 3. The van der Waals surface area contributed by atoms with Crippen LogP contribution in [-0.4, -0.2) is 21.4 Å². The number of nitro benzene ring substituents is 1. The average Bonchev–Trinajstić information content (AvgIpc) is 3.27. The Kier molecular flexibility index (Phi) is 4.61. The van der Waals surface area contributed by atoms with Crippen molar-refractivity contribution < 1.29 is 14.5 Å². The molecule has 1 aliphatic heterocycles. The van der Waals surface area contributed by atoms with E-state index >= 15 is 0 Å². The summed E-state index contributed by atoms with van der Waals surface area (Å²) in [6.07, 6.45) is 3.23. The van der Waals surface area contributed by atoms with Gasteiger partial charge >= 0.3 is 6.03 Å². The molecule has 1 saturated heterocycles. The number of anilines is 1. The Bertz CT molecular complexity index is 1170. The van der Waals surface area contributed by atoms with Crippen LogP contribution in [0.15, 0.2) is 72.6 Å². The molecular formula is C20H13ClN4O4. The Hall–Kier alpha value is -3.91. The van der Waals surface area contributed by atoms with Gasteiger partial charge in [-0.15, -0.1) is 0 Å². The minimum Gasteiger partial charge on any atom is -0.317 e. The van der Waals surface area contributed by atoms with Crippen LogP contribution in [0, 0.1) is 10.1 Å². The summed E-state index contributed by atoms with van der Waals surface area (Å²) in [6.45, 7) is 0. The van der Waals surface area contributed by atoms with Gasteiger partial charge in [0.25, 0.3) is 11.6 Å². The number of non-ortho nitro benzene ring substituents is 1. The highest BCUT2D eigenvalue weighted by Gasteiger charge is 2.35. The molecular weight excluding hydrogens is 396 g/mol. The van der Waals surface area contributed by atoms with E-state index in [1.165, 1.54) is 18.2 Å². The fraction of sp³-hybridized carbons (Fsp3) is 0. The first kappa shape index (κ1) is 18.5. The molecule has 29 heavy (non-hydrogen) atoms. The second kappa shape index (κ2) is 7.25. The molecule has 9 heteroatoms. The molecule has 2 aromatic carbocycles. The number of halogens is 1. The normalized spacial score (nSPS) is 15.1. The topological polar surface area (TPSA) is 97.5 Å². The highest BCUT2D eigenvalue weighted by Crippen LogP contribution is 2.25. The monoisotopic (exact) mass is 408 g/mol. The smallest absolute Gasteiger partial charge is 0.317 e. The second-order valence-electron chi connectivity index (χ2n) is 6.19. The van der Waals surface area contributed by atoms with Gasteiger partial charge in [0.05, 0.1) is 16.3 Å². The lowest BCUT2D eigenvalue weighted by Gasteiger charge is -2.11. The molecule has 1 aromatic heterocycles. The molecule has 0 atom stereocenters. The SMILES string of the molecule is O=C1N/C(=C/c2cccn2-c2cccc([N+](=O)[O-])c2)C(=O)N1c1ccc(Cl)cc1. The zero-order valence-electron chi connectivity index (χ0n) is 14.8. The highest BCUT2D eigenvalue weighted by molar-refractivity contribution is 6.31. The summed E-state index contributed by atoms with van der Waals surface area (Å²) in [6, 6.07) is 15.4. The van der Waals surface area contributed by atoms with Crippen molar-refractivity contribution in [2.75, 3.05) is 4.90 Å². The molecule has 1 fully saturated rings. The lowest BCUT2D eigenvalue weighted by molar-refractivity contribution is -0.384. The maximum absolute atomic E-state index is 12.8. The minimum atomic E-state index is -0.572. The van der Waals surface area contributed by atoms with Crippen molar-refractivity contribution in [1.82, 2.24) is 9.88 Å². The standard InChI is InChI=1S/C20H13ClN4O4/c21-13-6-8-14(9-7-13)24-19(26)18(22-20(24)27)12-16-5-2-10-23(16)15-3-1-4-17(11-15)25(28)29/h1-12H,(H,22,27)/b18-12+. The Labute approximate surface area is 169 Å². The molecule has 0 bridgehead atoms. The van der Waals surface area contributed by atoms with E-state index in [2.05, 4.69) is 5.32 Å². The molecule has 4 rings (SSSR count). The van der Waals surface area contributed by atoms with Gasteiger partial charge in [0.2, 0.25) is 0 Å². The van der Waals surface area contributed by atoms with Gasteiger partial charge in [-0.2, -0.15) is 0 Å². The first-order valence-electron chi connectivity index (χ1n) is 8.49. The fourth-order valence-corrected chi connectivity index (χ4v) is 3.14. The first-order chi connectivity index (χ1) is 13.9. The van der Waals surface area contributed by atoms with Gasteiger partial charge in [0.1, 0.15) is 5.70 Å². The van der Waals surface area contributed by atoms with E-state index in [0.717, 1.165) is 4.90 Å². The molecule has 3 amide bonds. The number of carbonyl (C=O) groups is 2. The van der Waals surface area contributed by atoms with Gasteiger partial charge in [-0.1, -0.05) is 17.7 Å². The summed E-state index contributed by atoms with van der Waals surface area (Å²) >= 11 is 5.86. The van der Waals surface area contributed by atoms with E-state index in [1.54, 1.807) is 59.3 Å². The number of rotatable bonds is 4. The van der Waals surface area contributed by atoms with Crippen LogP contribution in [0.2, 0.25) is 5.02 Å². The van der Waals surface area contributed by atoms with Crippen LogP contribution in [0.1, 0.15) is 5.69 Å². The molecule has 2 heterocycles. The van der Waals surface area contributed by atoms with Crippen LogP contribution in [0.5, 0.6) is 0 Å². The van der Waals surface area contributed by atoms with Crippen LogP contribution in [0.4, 0.5) is 16.2 Å². The average molecular weight is 409 g/mol. The van der Waals surface area contributed by atoms with E-state index in [0.29, 0.717) is 22.1 Å². The van der Waals surface area contributed by atoms with Gasteiger partial charge in [-0.05, 0) is 48.5 Å². The summed E-state index contributed by atoms with van der Waals surface area (Å²) in [5.74, 6) is -0.510. The lowest BCUT2D eigenvalue weighted by atomic mass is 10.2. The predicted molar refractivity (Wildman–Crippen MR) is 108 cm³/mol. The van der Waals surface area contributed by atoms with Gasteiger partial charge in [0.15, 0.2) is 0 Å². The molecule has 1 aliphatic rings. The van der Waals surface area contributed by atoms with Crippen LogP contribution in [-0.2, 0) is 4.79 Å². The molecule has 1 N–H and O–H groups in total. The first-order valence-corrected chi connectivity index (χ1v) is 8.87. The van der Waals surface area contributed by atoms with Crippen LogP contribution >= 0.6 is 11.6 Å². The number of carbonyl (C=O) groups excluding carboxylic acids is 2. The summed E-state index contributed by atoms with van der Waals surface area (Å²) < 4.78 is 1.68. The maximum atomic E-state index is 12.8. The van der Waals surface area contributed by atoms with Crippen LogP contribution in [0.25, 0.3) is 11.8 Å². The highest BCUT2D eigenvalue weighted by atomic mass is 35.5. The molecule has 0 spiro atoms. The van der Waals surface area contributed by atoms with E-state index in [4.69, 9.17) is 11.6 Å². The number of amides is 3. The second-order valence-corrected chi connectivity index (χ2v) is 6.62. The van der Waals surface area contributed by atoms with Crippen molar-refractivity contribution >= 4 is 41.0 Å². The Morgan fingerprint density at radius 1 is 1.00 bits per heavy atom. The third-order valence-corrected chi connectivity index (χ3v) is 4.61. The van der Waals surface area contributed by atoms with Crippen molar-refractivity contribution in [2.24, 2.45) is 0 Å². The third-order valence-electron chi connectivity index (χ3n) is 4.35. The number of nitro groups is 1. The van der Waals surface area contributed by atoms with Crippen LogP contribution < -0.4 is 10.2 Å². The van der Waals surface area contributed by atoms with Crippen LogP contribution in [0.3, 0.4) is 0 Å². The van der Waals surface area contributed by atoms with Crippen molar-refractivity contribution in [3.8, 4) is 5.69 Å². The van der Waals surface area contributed by atoms with Crippen molar-refractivity contribution in [1.29, 1.82) is 0 Å². The molecule has 0 radical (unpaired) electrons. The van der Waals surface area contributed by atoms with E-state index in [9.17, 15) is 19.7 Å². The van der Waals surface area contributed by atoms with Crippen molar-refractivity contribution in [3.05, 3.63) is 93.4 Å². The van der Waals surface area contributed by atoms with E-state index in [-0.39, 0.29) is 11.4 Å². The van der Waals surface area contributed by atoms with Crippen molar-refractivity contribution in [2.45, 2.75) is 0 Å². The van der Waals surface area contributed by atoms with Gasteiger partial charge in [-0.25, -0.2) is 9.69 Å². The molecule has 8 nitrogen and oxygen atoms in total. The number of urea groups is 1. The minimum absolute atomic E-state index is 0.0473. The molecule has 144 valence electrons. The Morgan fingerprint density at radius 3 is 2.48 bits per heavy atom. The van der Waals surface area contributed by atoms with E-state index < -0.39 is 16.9 Å². The summed E-state index contributed by atoms with van der Waals surface area (Å²) in [4.78, 5) is 36.7. The molecule has 0 unspecified atom stereocenters. The van der Waals surface area contributed by atoms with Gasteiger partial charge in [-0.3, -0.25) is 14.9 Å². The fourth-order valence-electron chi connectivity index (χ4n) is 3.01. The predicted octanol–water partition coefficient (Wildman–Crippen LogP) is 4.14. The number of imide groups is 1. The maximum Gasteiger partial charge on any atom is 0.333 e.